The number of pyridine rings is 1. The van der Waals surface area contributed by atoms with Crippen LogP contribution >= 0.6 is 0 Å². The smallest absolute Gasteiger partial charge is 0.272 e. The van der Waals surface area contributed by atoms with Crippen LogP contribution in [0.1, 0.15) is 35.7 Å². The third kappa shape index (κ3) is 2.71. The van der Waals surface area contributed by atoms with E-state index in [4.69, 9.17) is 0 Å². The van der Waals surface area contributed by atoms with Crippen LogP contribution in [0, 0.1) is 0 Å². The van der Waals surface area contributed by atoms with Crippen LogP contribution in [-0.2, 0) is 12.8 Å². The zero-order valence-corrected chi connectivity index (χ0v) is 12.4. The molecule has 0 unspecified atom stereocenters. The lowest BCUT2D eigenvalue weighted by Crippen LogP contribution is -2.23. The summed E-state index contributed by atoms with van der Waals surface area (Å²) in [5.41, 5.74) is 3.50. The molecule has 5 nitrogen and oxygen atoms in total. The molecule has 0 aliphatic rings. The number of aryl methyl sites for hydroxylation is 2. The monoisotopic (exact) mass is 272 g/mol. The van der Waals surface area contributed by atoms with Crippen molar-refractivity contribution in [3.8, 4) is 5.69 Å². The first-order valence-corrected chi connectivity index (χ1v) is 6.82. The van der Waals surface area contributed by atoms with Gasteiger partial charge in [0.2, 0.25) is 0 Å². The van der Waals surface area contributed by atoms with Gasteiger partial charge in [-0.3, -0.25) is 9.78 Å². The molecule has 2 heterocycles. The molecule has 2 rings (SSSR count). The van der Waals surface area contributed by atoms with E-state index in [9.17, 15) is 4.79 Å². The molecule has 0 N–H and O–H groups in total. The van der Waals surface area contributed by atoms with Crippen molar-refractivity contribution in [3.63, 3.8) is 0 Å². The highest BCUT2D eigenvalue weighted by Gasteiger charge is 2.13. The fourth-order valence-electron chi connectivity index (χ4n) is 2.02. The second-order valence-corrected chi connectivity index (χ2v) is 4.84. The van der Waals surface area contributed by atoms with Crippen molar-refractivity contribution in [2.24, 2.45) is 0 Å². The highest BCUT2D eigenvalue weighted by atomic mass is 16.2. The van der Waals surface area contributed by atoms with Crippen LogP contribution in [0.15, 0.2) is 24.4 Å². The van der Waals surface area contributed by atoms with Crippen molar-refractivity contribution < 1.29 is 4.79 Å². The number of aromatic nitrogens is 3. The molecule has 0 saturated carbocycles. The van der Waals surface area contributed by atoms with Crippen LogP contribution in [0.3, 0.4) is 0 Å². The molecular formula is C15H20N4O. The van der Waals surface area contributed by atoms with Crippen molar-refractivity contribution in [3.05, 3.63) is 41.5 Å². The van der Waals surface area contributed by atoms with E-state index in [-0.39, 0.29) is 5.91 Å². The Morgan fingerprint density at radius 3 is 2.60 bits per heavy atom. The molecule has 0 saturated heterocycles. The predicted molar refractivity (Wildman–Crippen MR) is 78.1 cm³/mol. The topological polar surface area (TPSA) is 51.0 Å². The van der Waals surface area contributed by atoms with Crippen molar-refractivity contribution >= 4 is 5.91 Å². The molecule has 0 aliphatic heterocycles. The van der Waals surface area contributed by atoms with Crippen LogP contribution < -0.4 is 0 Å². The molecule has 0 aliphatic carbocycles. The van der Waals surface area contributed by atoms with E-state index in [0.29, 0.717) is 5.69 Å². The van der Waals surface area contributed by atoms with Gasteiger partial charge < -0.3 is 4.90 Å². The summed E-state index contributed by atoms with van der Waals surface area (Å²) in [7, 11) is 3.44. The Kier molecular flexibility index (Phi) is 4.17. The predicted octanol–water partition coefficient (Wildman–Crippen LogP) is 2.09. The Bertz CT molecular complexity index is 616. The minimum absolute atomic E-state index is 0.104. The molecule has 106 valence electrons. The summed E-state index contributed by atoms with van der Waals surface area (Å²) in [6.45, 7) is 4.18. The molecule has 0 bridgehead atoms. The molecule has 0 atom stereocenters. The number of amides is 1. The summed E-state index contributed by atoms with van der Waals surface area (Å²) in [4.78, 5) is 17.6. The van der Waals surface area contributed by atoms with E-state index in [1.165, 1.54) is 4.90 Å². The number of rotatable bonds is 4. The van der Waals surface area contributed by atoms with Crippen molar-refractivity contribution in [1.29, 1.82) is 0 Å². The maximum atomic E-state index is 12.0. The Morgan fingerprint density at radius 2 is 2.00 bits per heavy atom. The molecule has 0 radical (unpaired) electrons. The molecule has 0 aromatic carbocycles. The summed E-state index contributed by atoms with van der Waals surface area (Å²) in [6.07, 6.45) is 3.44. The lowest BCUT2D eigenvalue weighted by atomic mass is 10.2. The normalized spacial score (nSPS) is 10.6. The van der Waals surface area contributed by atoms with Crippen LogP contribution in [0.25, 0.3) is 5.69 Å². The molecule has 5 heteroatoms. The van der Waals surface area contributed by atoms with E-state index < -0.39 is 0 Å². The van der Waals surface area contributed by atoms with E-state index in [1.807, 2.05) is 10.7 Å². The second kappa shape index (κ2) is 5.86. The average Bonchev–Trinajstić information content (AvgIpc) is 2.89. The largest absolute Gasteiger partial charge is 0.343 e. The van der Waals surface area contributed by atoms with Gasteiger partial charge >= 0.3 is 0 Å². The SMILES string of the molecule is CCc1cc(CC)n(-c2ccnc(C(=O)N(C)C)c2)n1. The molecule has 0 fully saturated rings. The molecule has 1 amide bonds. The first-order chi connectivity index (χ1) is 9.56. The molecule has 2 aromatic rings. The van der Waals surface area contributed by atoms with Gasteiger partial charge in [0.25, 0.3) is 5.91 Å². The lowest BCUT2D eigenvalue weighted by Gasteiger charge is -2.11. The Labute approximate surface area is 119 Å². The number of carbonyl (C=O) groups is 1. The van der Waals surface area contributed by atoms with Gasteiger partial charge in [-0.15, -0.1) is 0 Å². The maximum Gasteiger partial charge on any atom is 0.272 e. The van der Waals surface area contributed by atoms with Crippen LogP contribution in [0.4, 0.5) is 0 Å². The van der Waals surface area contributed by atoms with E-state index >= 15 is 0 Å². The van der Waals surface area contributed by atoms with Gasteiger partial charge in [0.1, 0.15) is 5.69 Å². The highest BCUT2D eigenvalue weighted by Crippen LogP contribution is 2.15. The lowest BCUT2D eigenvalue weighted by molar-refractivity contribution is 0.0822. The number of hydrogen-bond donors (Lipinski definition) is 0. The van der Waals surface area contributed by atoms with Crippen molar-refractivity contribution in [2.75, 3.05) is 14.1 Å². The van der Waals surface area contributed by atoms with Crippen molar-refractivity contribution in [2.45, 2.75) is 26.7 Å². The third-order valence-electron chi connectivity index (χ3n) is 3.17. The fraction of sp³-hybridized carbons (Fsp3) is 0.400. The minimum Gasteiger partial charge on any atom is -0.343 e. The number of hydrogen-bond acceptors (Lipinski definition) is 3. The number of carbonyl (C=O) groups excluding carboxylic acids is 1. The standard InChI is InChI=1S/C15H20N4O/c1-5-11-9-12(6-2)19(17-11)13-7-8-16-14(10-13)15(20)18(3)4/h7-10H,5-6H2,1-4H3. The van der Waals surface area contributed by atoms with Gasteiger partial charge in [-0.2, -0.15) is 5.10 Å². The highest BCUT2D eigenvalue weighted by molar-refractivity contribution is 5.92. The molecule has 20 heavy (non-hydrogen) atoms. The maximum absolute atomic E-state index is 12.0. The van der Waals surface area contributed by atoms with Gasteiger partial charge in [0.05, 0.1) is 11.4 Å². The third-order valence-corrected chi connectivity index (χ3v) is 3.17. The first-order valence-electron chi connectivity index (χ1n) is 6.82. The zero-order chi connectivity index (χ0) is 14.7. The van der Waals surface area contributed by atoms with Crippen LogP contribution in [0.2, 0.25) is 0 Å². The zero-order valence-electron chi connectivity index (χ0n) is 12.4. The quantitative estimate of drug-likeness (QED) is 0.856. The van der Waals surface area contributed by atoms with Gasteiger partial charge in [0.15, 0.2) is 0 Å². The first kappa shape index (κ1) is 14.2. The Balaban J connectivity index is 2.45. The fourth-order valence-corrected chi connectivity index (χ4v) is 2.02. The molecule has 0 spiro atoms. The van der Waals surface area contributed by atoms with Crippen LogP contribution in [-0.4, -0.2) is 39.7 Å². The Morgan fingerprint density at radius 1 is 1.25 bits per heavy atom. The summed E-state index contributed by atoms with van der Waals surface area (Å²) in [6, 6.07) is 5.76. The number of nitrogens with zero attached hydrogens (tertiary/aromatic N) is 4. The summed E-state index contributed by atoms with van der Waals surface area (Å²) < 4.78 is 1.90. The van der Waals surface area contributed by atoms with Gasteiger partial charge in [0, 0.05) is 26.0 Å². The van der Waals surface area contributed by atoms with Crippen LogP contribution in [0.5, 0.6) is 0 Å². The average molecular weight is 272 g/mol. The summed E-state index contributed by atoms with van der Waals surface area (Å²) in [5, 5.41) is 4.58. The summed E-state index contributed by atoms with van der Waals surface area (Å²) in [5.74, 6) is -0.104. The van der Waals surface area contributed by atoms with E-state index in [2.05, 4.69) is 30.0 Å². The van der Waals surface area contributed by atoms with E-state index in [1.54, 1.807) is 26.4 Å². The van der Waals surface area contributed by atoms with E-state index in [0.717, 1.165) is 29.9 Å². The minimum atomic E-state index is -0.104. The Hall–Kier alpha value is -2.17. The van der Waals surface area contributed by atoms with Gasteiger partial charge in [-0.1, -0.05) is 13.8 Å². The second-order valence-electron chi connectivity index (χ2n) is 4.84. The molecular weight excluding hydrogens is 252 g/mol. The summed E-state index contributed by atoms with van der Waals surface area (Å²) >= 11 is 0. The van der Waals surface area contributed by atoms with Gasteiger partial charge in [-0.25, -0.2) is 4.68 Å². The molecule has 2 aromatic heterocycles. The van der Waals surface area contributed by atoms with Gasteiger partial charge in [-0.05, 0) is 31.0 Å². The van der Waals surface area contributed by atoms with Crippen molar-refractivity contribution in [1.82, 2.24) is 19.7 Å².